The van der Waals surface area contributed by atoms with E-state index in [9.17, 15) is 4.79 Å². The molecule has 0 aromatic carbocycles. The van der Waals surface area contributed by atoms with E-state index in [2.05, 4.69) is 17.2 Å². The van der Waals surface area contributed by atoms with Crippen LogP contribution < -0.4 is 11.1 Å². The first-order valence-corrected chi connectivity index (χ1v) is 6.40. The van der Waals surface area contributed by atoms with Crippen molar-refractivity contribution in [2.24, 2.45) is 5.92 Å². The third kappa shape index (κ3) is 3.25. The van der Waals surface area contributed by atoms with Crippen molar-refractivity contribution in [2.45, 2.75) is 45.1 Å². The molecular weight excluding hydrogens is 214 g/mol. The van der Waals surface area contributed by atoms with Gasteiger partial charge < -0.3 is 16.0 Å². The van der Waals surface area contributed by atoms with Crippen LogP contribution in [0.1, 0.15) is 49.5 Å². The summed E-state index contributed by atoms with van der Waals surface area (Å²) < 4.78 is 0. The lowest BCUT2D eigenvalue weighted by Crippen LogP contribution is -2.34. The largest absolute Gasteiger partial charge is 0.397 e. The Labute approximate surface area is 102 Å². The van der Waals surface area contributed by atoms with Crippen molar-refractivity contribution in [3.63, 3.8) is 0 Å². The topological polar surface area (TPSA) is 70.9 Å². The maximum atomic E-state index is 11.9. The lowest BCUT2D eigenvalue weighted by Gasteiger charge is -2.15. The van der Waals surface area contributed by atoms with Gasteiger partial charge in [-0.15, -0.1) is 0 Å². The number of nitrogens with one attached hydrogen (secondary N) is 2. The molecule has 2 atom stereocenters. The zero-order chi connectivity index (χ0) is 12.3. The zero-order valence-corrected chi connectivity index (χ0v) is 10.3. The molecule has 4 N–H and O–H groups in total. The monoisotopic (exact) mass is 235 g/mol. The number of anilines is 1. The van der Waals surface area contributed by atoms with Gasteiger partial charge in [0.25, 0.3) is 5.91 Å². The summed E-state index contributed by atoms with van der Waals surface area (Å²) in [6, 6.07) is 1.99. The van der Waals surface area contributed by atoms with E-state index in [1.54, 1.807) is 12.3 Å². The number of aromatic amines is 1. The van der Waals surface area contributed by atoms with Crippen LogP contribution in [-0.4, -0.2) is 16.9 Å². The summed E-state index contributed by atoms with van der Waals surface area (Å²) in [4.78, 5) is 14.8. The van der Waals surface area contributed by atoms with Gasteiger partial charge >= 0.3 is 0 Å². The minimum absolute atomic E-state index is 0.0405. The molecule has 0 spiro atoms. The van der Waals surface area contributed by atoms with Crippen LogP contribution in [0.4, 0.5) is 5.69 Å². The second-order valence-corrected chi connectivity index (χ2v) is 5.13. The highest BCUT2D eigenvalue weighted by Crippen LogP contribution is 2.22. The fourth-order valence-electron chi connectivity index (χ4n) is 2.44. The first-order valence-electron chi connectivity index (χ1n) is 6.40. The van der Waals surface area contributed by atoms with Gasteiger partial charge in [0.05, 0.1) is 0 Å². The van der Waals surface area contributed by atoms with E-state index in [-0.39, 0.29) is 5.91 Å². The summed E-state index contributed by atoms with van der Waals surface area (Å²) >= 11 is 0. The lowest BCUT2D eigenvalue weighted by atomic mass is 10.0. The van der Waals surface area contributed by atoms with Gasteiger partial charge in [-0.05, 0) is 31.2 Å². The molecule has 1 aromatic heterocycles. The third-order valence-electron chi connectivity index (χ3n) is 3.54. The zero-order valence-electron chi connectivity index (χ0n) is 10.3. The molecule has 17 heavy (non-hydrogen) atoms. The van der Waals surface area contributed by atoms with Crippen LogP contribution in [0.15, 0.2) is 12.3 Å². The smallest absolute Gasteiger partial charge is 0.267 e. The Bertz CT molecular complexity index is 386. The van der Waals surface area contributed by atoms with E-state index in [0.717, 1.165) is 18.8 Å². The van der Waals surface area contributed by atoms with Crippen molar-refractivity contribution >= 4 is 11.6 Å². The molecule has 1 heterocycles. The Morgan fingerprint density at radius 1 is 1.41 bits per heavy atom. The number of nitrogen functional groups attached to an aromatic ring is 1. The van der Waals surface area contributed by atoms with E-state index in [4.69, 9.17) is 5.73 Å². The summed E-state index contributed by atoms with van der Waals surface area (Å²) in [5.41, 5.74) is 6.74. The van der Waals surface area contributed by atoms with Crippen molar-refractivity contribution in [3.8, 4) is 0 Å². The van der Waals surface area contributed by atoms with Crippen LogP contribution >= 0.6 is 0 Å². The standard InChI is InChI=1S/C13H21N3O/c1-9-3-2-4-11(6-5-9)16-13(17)12-7-10(14)8-15-12/h7-9,11,15H,2-6,14H2,1H3,(H,16,17). The second-order valence-electron chi connectivity index (χ2n) is 5.13. The van der Waals surface area contributed by atoms with Gasteiger partial charge in [0.2, 0.25) is 0 Å². The molecule has 2 unspecified atom stereocenters. The molecule has 2 rings (SSSR count). The van der Waals surface area contributed by atoms with Crippen LogP contribution in [0.2, 0.25) is 0 Å². The summed E-state index contributed by atoms with van der Waals surface area (Å²) in [6.45, 7) is 2.29. The molecule has 1 amide bonds. The summed E-state index contributed by atoms with van der Waals surface area (Å²) in [6.07, 6.45) is 7.51. The average Bonchev–Trinajstić information content (AvgIpc) is 2.62. The van der Waals surface area contributed by atoms with Gasteiger partial charge in [-0.1, -0.05) is 19.8 Å². The SMILES string of the molecule is CC1CCCC(NC(=O)c2cc(N)c[nH]2)CC1. The Balaban J connectivity index is 1.90. The predicted molar refractivity (Wildman–Crippen MR) is 68.7 cm³/mol. The number of rotatable bonds is 2. The molecule has 94 valence electrons. The molecule has 1 aromatic rings. The van der Waals surface area contributed by atoms with E-state index < -0.39 is 0 Å². The highest BCUT2D eigenvalue weighted by Gasteiger charge is 2.18. The highest BCUT2D eigenvalue weighted by atomic mass is 16.1. The summed E-state index contributed by atoms with van der Waals surface area (Å²) in [7, 11) is 0. The third-order valence-corrected chi connectivity index (χ3v) is 3.54. The molecule has 1 saturated carbocycles. The summed E-state index contributed by atoms with van der Waals surface area (Å²) in [5.74, 6) is 0.749. The maximum Gasteiger partial charge on any atom is 0.267 e. The lowest BCUT2D eigenvalue weighted by molar-refractivity contribution is 0.0928. The molecule has 1 fully saturated rings. The van der Waals surface area contributed by atoms with E-state index in [0.29, 0.717) is 17.4 Å². The molecule has 0 radical (unpaired) electrons. The van der Waals surface area contributed by atoms with Gasteiger partial charge in [-0.25, -0.2) is 0 Å². The Hall–Kier alpha value is -1.45. The van der Waals surface area contributed by atoms with Gasteiger partial charge in [-0.2, -0.15) is 0 Å². The molecule has 1 aliphatic carbocycles. The van der Waals surface area contributed by atoms with E-state index in [1.165, 1.54) is 19.3 Å². The number of carbonyl (C=O) groups is 1. The predicted octanol–water partition coefficient (Wildman–Crippen LogP) is 2.30. The number of amides is 1. The molecule has 0 bridgehead atoms. The number of hydrogen-bond donors (Lipinski definition) is 3. The van der Waals surface area contributed by atoms with Gasteiger partial charge in [0.1, 0.15) is 5.69 Å². The molecule has 4 heteroatoms. The van der Waals surface area contributed by atoms with Gasteiger partial charge in [-0.3, -0.25) is 4.79 Å². The molecular formula is C13H21N3O. The Kier molecular flexibility index (Phi) is 3.71. The average molecular weight is 235 g/mol. The minimum Gasteiger partial charge on any atom is -0.397 e. The first-order chi connectivity index (χ1) is 8.15. The fraction of sp³-hybridized carbons (Fsp3) is 0.615. The summed E-state index contributed by atoms with van der Waals surface area (Å²) in [5, 5.41) is 3.08. The maximum absolute atomic E-state index is 11.9. The van der Waals surface area contributed by atoms with Crippen molar-refractivity contribution < 1.29 is 4.79 Å². The number of carbonyl (C=O) groups excluding carboxylic acids is 1. The van der Waals surface area contributed by atoms with Crippen LogP contribution in [-0.2, 0) is 0 Å². The van der Waals surface area contributed by atoms with Crippen LogP contribution in [0.25, 0.3) is 0 Å². The minimum atomic E-state index is -0.0405. The second kappa shape index (κ2) is 5.25. The quantitative estimate of drug-likeness (QED) is 0.688. The van der Waals surface area contributed by atoms with Crippen molar-refractivity contribution in [1.82, 2.24) is 10.3 Å². The number of aromatic nitrogens is 1. The number of nitrogens with two attached hydrogens (primary N) is 1. The number of H-pyrrole nitrogens is 1. The normalized spacial score (nSPS) is 25.2. The Morgan fingerprint density at radius 3 is 2.94 bits per heavy atom. The molecule has 4 nitrogen and oxygen atoms in total. The molecule has 1 aliphatic rings. The first kappa shape index (κ1) is 12.0. The van der Waals surface area contributed by atoms with E-state index in [1.807, 2.05) is 0 Å². The Morgan fingerprint density at radius 2 is 2.24 bits per heavy atom. The van der Waals surface area contributed by atoms with Crippen molar-refractivity contribution in [1.29, 1.82) is 0 Å². The van der Waals surface area contributed by atoms with Crippen LogP contribution in [0, 0.1) is 5.92 Å². The van der Waals surface area contributed by atoms with Crippen molar-refractivity contribution in [3.05, 3.63) is 18.0 Å². The van der Waals surface area contributed by atoms with E-state index >= 15 is 0 Å². The van der Waals surface area contributed by atoms with Gasteiger partial charge in [0, 0.05) is 17.9 Å². The van der Waals surface area contributed by atoms with Crippen LogP contribution in [0.3, 0.4) is 0 Å². The molecule has 0 aliphatic heterocycles. The molecule has 0 saturated heterocycles. The fourth-order valence-corrected chi connectivity index (χ4v) is 2.44. The number of hydrogen-bond acceptors (Lipinski definition) is 2. The van der Waals surface area contributed by atoms with Crippen LogP contribution in [0.5, 0.6) is 0 Å². The highest BCUT2D eigenvalue weighted by molar-refractivity contribution is 5.93. The van der Waals surface area contributed by atoms with Gasteiger partial charge in [0.15, 0.2) is 0 Å². The van der Waals surface area contributed by atoms with Crippen molar-refractivity contribution in [2.75, 3.05) is 5.73 Å².